The van der Waals surface area contributed by atoms with Crippen LogP contribution >= 0.6 is 0 Å². The zero-order chi connectivity index (χ0) is 14.0. The summed E-state index contributed by atoms with van der Waals surface area (Å²) in [6.45, 7) is 12.6. The SMILES string of the molecule is C[Si](C)(C)ON(C(=O)c1ccccc1)[Si](C)(C)C. The topological polar surface area (TPSA) is 29.5 Å². The lowest BCUT2D eigenvalue weighted by molar-refractivity contribution is 0.0135. The molecule has 0 unspecified atom stereocenters. The van der Waals surface area contributed by atoms with E-state index in [-0.39, 0.29) is 5.91 Å². The molecule has 0 bridgehead atoms. The second-order valence-electron chi connectivity index (χ2n) is 6.34. The van der Waals surface area contributed by atoms with Crippen molar-refractivity contribution in [2.75, 3.05) is 0 Å². The van der Waals surface area contributed by atoms with Crippen LogP contribution in [0.1, 0.15) is 10.4 Å². The second kappa shape index (κ2) is 5.38. The van der Waals surface area contributed by atoms with Gasteiger partial charge in [0.1, 0.15) is 0 Å². The lowest BCUT2D eigenvalue weighted by atomic mass is 10.2. The number of hydrogen-bond acceptors (Lipinski definition) is 2. The standard InChI is InChI=1S/C13H23NO2Si2/c1-17(2,3)14(16-18(4,5)6)13(15)12-10-8-7-9-11-12/h7-11H,1-6H3. The third-order valence-electron chi connectivity index (χ3n) is 2.18. The normalized spacial score (nSPS) is 12.3. The maximum absolute atomic E-state index is 12.5. The van der Waals surface area contributed by atoms with Gasteiger partial charge < -0.3 is 4.53 Å². The van der Waals surface area contributed by atoms with Crippen LogP contribution in [0.4, 0.5) is 0 Å². The van der Waals surface area contributed by atoms with Gasteiger partial charge >= 0.3 is 0 Å². The Labute approximate surface area is 112 Å². The molecule has 1 amide bonds. The lowest BCUT2D eigenvalue weighted by Crippen LogP contribution is -2.54. The van der Waals surface area contributed by atoms with E-state index in [1.165, 1.54) is 0 Å². The Hall–Kier alpha value is -0.916. The van der Waals surface area contributed by atoms with E-state index in [1.54, 1.807) is 4.73 Å². The first-order valence-electron chi connectivity index (χ1n) is 6.20. The van der Waals surface area contributed by atoms with Gasteiger partial charge in [-0.15, -0.1) is 0 Å². The number of rotatable bonds is 4. The van der Waals surface area contributed by atoms with Crippen LogP contribution in [0, 0.1) is 0 Å². The van der Waals surface area contributed by atoms with Crippen molar-refractivity contribution in [1.82, 2.24) is 4.73 Å². The molecule has 0 saturated carbocycles. The molecule has 0 N–H and O–H groups in total. The van der Waals surface area contributed by atoms with Crippen molar-refractivity contribution < 1.29 is 9.32 Å². The number of hydrogen-bond donors (Lipinski definition) is 0. The van der Waals surface area contributed by atoms with Crippen LogP contribution in [0.25, 0.3) is 0 Å². The summed E-state index contributed by atoms with van der Waals surface area (Å²) in [5.74, 6) is -0.0165. The first-order valence-corrected chi connectivity index (χ1v) is 13.1. The van der Waals surface area contributed by atoms with Crippen LogP contribution in [0.2, 0.25) is 39.3 Å². The van der Waals surface area contributed by atoms with Gasteiger partial charge in [-0.05, 0) is 51.4 Å². The van der Waals surface area contributed by atoms with Gasteiger partial charge in [0.2, 0.25) is 8.32 Å². The molecule has 1 aromatic rings. The van der Waals surface area contributed by atoms with Crippen molar-refractivity contribution in [3.05, 3.63) is 35.9 Å². The van der Waals surface area contributed by atoms with E-state index in [4.69, 9.17) is 4.53 Å². The van der Waals surface area contributed by atoms with E-state index < -0.39 is 16.6 Å². The summed E-state index contributed by atoms with van der Waals surface area (Å²) in [5.41, 5.74) is 0.693. The van der Waals surface area contributed by atoms with Crippen molar-refractivity contribution in [3.63, 3.8) is 0 Å². The van der Waals surface area contributed by atoms with Gasteiger partial charge in [-0.3, -0.25) is 9.52 Å². The molecule has 0 aromatic heterocycles. The Morgan fingerprint density at radius 1 is 1.00 bits per heavy atom. The molecule has 0 fully saturated rings. The van der Waals surface area contributed by atoms with Crippen molar-refractivity contribution >= 4 is 22.5 Å². The summed E-state index contributed by atoms with van der Waals surface area (Å²) < 4.78 is 7.66. The molecule has 0 aliphatic rings. The van der Waals surface area contributed by atoms with Crippen LogP contribution in [-0.4, -0.2) is 27.2 Å². The highest BCUT2D eigenvalue weighted by Gasteiger charge is 2.34. The Balaban J connectivity index is 3.02. The van der Waals surface area contributed by atoms with E-state index in [2.05, 4.69) is 39.3 Å². The van der Waals surface area contributed by atoms with Gasteiger partial charge in [-0.25, -0.2) is 0 Å². The van der Waals surface area contributed by atoms with Crippen LogP contribution in [0.15, 0.2) is 30.3 Å². The average Bonchev–Trinajstić information content (AvgIpc) is 2.24. The average molecular weight is 282 g/mol. The Bertz CT molecular complexity index is 407. The summed E-state index contributed by atoms with van der Waals surface area (Å²) in [5, 5.41) is 0. The van der Waals surface area contributed by atoms with Crippen molar-refractivity contribution in [2.45, 2.75) is 39.3 Å². The van der Waals surface area contributed by atoms with Gasteiger partial charge in [0.15, 0.2) is 8.24 Å². The molecule has 100 valence electrons. The fourth-order valence-corrected chi connectivity index (χ4v) is 4.74. The van der Waals surface area contributed by atoms with E-state index >= 15 is 0 Å². The number of carbonyl (C=O) groups excluding carboxylic acids is 1. The number of carbonyl (C=O) groups is 1. The number of benzene rings is 1. The fourth-order valence-electron chi connectivity index (χ4n) is 1.45. The van der Waals surface area contributed by atoms with Crippen LogP contribution in [0.3, 0.4) is 0 Å². The van der Waals surface area contributed by atoms with E-state index in [0.29, 0.717) is 5.56 Å². The highest BCUT2D eigenvalue weighted by atomic mass is 28.4. The van der Waals surface area contributed by atoms with E-state index in [0.717, 1.165) is 0 Å². The summed E-state index contributed by atoms with van der Waals surface area (Å²) in [6.07, 6.45) is 0. The fraction of sp³-hybridized carbons (Fsp3) is 0.462. The zero-order valence-corrected chi connectivity index (χ0v) is 14.2. The van der Waals surface area contributed by atoms with Crippen molar-refractivity contribution in [1.29, 1.82) is 0 Å². The van der Waals surface area contributed by atoms with Gasteiger partial charge in [0.25, 0.3) is 5.91 Å². The largest absolute Gasteiger partial charge is 0.326 e. The molecule has 0 radical (unpaired) electrons. The molecule has 1 rings (SSSR count). The first kappa shape index (κ1) is 15.1. The van der Waals surface area contributed by atoms with Gasteiger partial charge in [0.05, 0.1) is 0 Å². The minimum Gasteiger partial charge on any atom is -0.326 e. The molecule has 0 saturated heterocycles. The van der Waals surface area contributed by atoms with Gasteiger partial charge in [-0.1, -0.05) is 18.2 Å². The molecule has 0 heterocycles. The Kier molecular flexibility index (Phi) is 4.52. The van der Waals surface area contributed by atoms with Crippen LogP contribution in [-0.2, 0) is 4.53 Å². The molecule has 3 nitrogen and oxygen atoms in total. The maximum Gasteiger partial charge on any atom is 0.268 e. The smallest absolute Gasteiger partial charge is 0.268 e. The van der Waals surface area contributed by atoms with Crippen LogP contribution < -0.4 is 0 Å². The molecule has 5 heteroatoms. The lowest BCUT2D eigenvalue weighted by Gasteiger charge is -2.37. The van der Waals surface area contributed by atoms with E-state index in [1.807, 2.05) is 30.3 Å². The molecule has 0 aliphatic heterocycles. The Morgan fingerprint density at radius 3 is 1.89 bits per heavy atom. The predicted octanol–water partition coefficient (Wildman–Crippen LogP) is 3.73. The molecular formula is C13H23NO2Si2. The molecule has 0 spiro atoms. The third-order valence-corrected chi connectivity index (χ3v) is 4.61. The maximum atomic E-state index is 12.5. The predicted molar refractivity (Wildman–Crippen MR) is 80.4 cm³/mol. The molecule has 0 atom stereocenters. The minimum absolute atomic E-state index is 0.0165. The number of hydroxylamine groups is 1. The number of nitrogens with zero attached hydrogens (tertiary/aromatic N) is 1. The second-order valence-corrected chi connectivity index (χ2v) is 15.5. The van der Waals surface area contributed by atoms with Gasteiger partial charge in [0, 0.05) is 5.56 Å². The summed E-state index contributed by atoms with van der Waals surface area (Å²) in [7, 11) is -3.63. The third kappa shape index (κ3) is 4.40. The Morgan fingerprint density at radius 2 is 1.50 bits per heavy atom. The van der Waals surface area contributed by atoms with Crippen molar-refractivity contribution in [3.8, 4) is 0 Å². The molecular weight excluding hydrogens is 258 g/mol. The highest BCUT2D eigenvalue weighted by molar-refractivity contribution is 6.77. The summed E-state index contributed by atoms with van der Waals surface area (Å²) in [6, 6.07) is 9.34. The summed E-state index contributed by atoms with van der Waals surface area (Å²) >= 11 is 0. The van der Waals surface area contributed by atoms with Crippen LogP contribution in [0.5, 0.6) is 0 Å². The van der Waals surface area contributed by atoms with E-state index in [9.17, 15) is 4.79 Å². The van der Waals surface area contributed by atoms with Gasteiger partial charge in [-0.2, -0.15) is 0 Å². The zero-order valence-electron chi connectivity index (χ0n) is 12.2. The summed E-state index contributed by atoms with van der Waals surface area (Å²) in [4.78, 5) is 12.5. The molecule has 1 aromatic carbocycles. The van der Waals surface area contributed by atoms with Crippen molar-refractivity contribution in [2.24, 2.45) is 0 Å². The monoisotopic (exact) mass is 281 g/mol. The first-order chi connectivity index (χ1) is 8.11. The minimum atomic E-state index is -1.85. The highest BCUT2D eigenvalue weighted by Crippen LogP contribution is 2.19. The number of amides is 1. The molecule has 18 heavy (non-hydrogen) atoms. The quantitative estimate of drug-likeness (QED) is 0.621. The molecule has 0 aliphatic carbocycles.